The van der Waals surface area contributed by atoms with E-state index in [-0.39, 0.29) is 5.82 Å². The van der Waals surface area contributed by atoms with Crippen molar-refractivity contribution in [2.45, 2.75) is 13.8 Å². The van der Waals surface area contributed by atoms with Crippen molar-refractivity contribution in [2.24, 2.45) is 0 Å². The summed E-state index contributed by atoms with van der Waals surface area (Å²) in [7, 11) is 0. The molecule has 8 rings (SSSR count). The van der Waals surface area contributed by atoms with Crippen molar-refractivity contribution in [3.8, 4) is 17.4 Å². The average Bonchev–Trinajstić information content (AvgIpc) is 3.54. The molecule has 0 fully saturated rings. The van der Waals surface area contributed by atoms with Crippen molar-refractivity contribution in [3.05, 3.63) is 156 Å². The summed E-state index contributed by atoms with van der Waals surface area (Å²) in [6.45, 7) is 4.22. The second kappa shape index (κ2) is 10.6. The molecule has 0 saturated heterocycles. The number of hydrogen-bond donors (Lipinski definition) is 0. The lowest BCUT2D eigenvalue weighted by atomic mass is 10.1. The van der Waals surface area contributed by atoms with Gasteiger partial charge in [0.1, 0.15) is 5.82 Å². The van der Waals surface area contributed by atoms with Crippen molar-refractivity contribution in [1.29, 1.82) is 5.26 Å². The van der Waals surface area contributed by atoms with Crippen LogP contribution >= 0.6 is 0 Å². The summed E-state index contributed by atoms with van der Waals surface area (Å²) in [6.07, 6.45) is 0. The Kier molecular flexibility index (Phi) is 6.49. The first-order valence-corrected chi connectivity index (χ1v) is 14.3. The number of para-hydroxylation sites is 2. The molecule has 0 atom stereocenters. The molecule has 43 heavy (non-hydrogen) atoms. The molecule has 0 aliphatic heterocycles. The summed E-state index contributed by atoms with van der Waals surface area (Å²) in [4.78, 5) is 0. The van der Waals surface area contributed by atoms with Gasteiger partial charge >= 0.3 is 0 Å². The molecule has 0 radical (unpaired) electrons. The predicted molar refractivity (Wildman–Crippen MR) is 176 cm³/mol. The van der Waals surface area contributed by atoms with Gasteiger partial charge in [-0.05, 0) is 98.8 Å². The molecule has 0 bridgehead atoms. The molecule has 3 nitrogen and oxygen atoms in total. The van der Waals surface area contributed by atoms with Crippen LogP contribution in [0.2, 0.25) is 0 Å². The van der Waals surface area contributed by atoms with Crippen LogP contribution in [0.5, 0.6) is 0 Å². The number of benzene rings is 6. The zero-order chi connectivity index (χ0) is 29.5. The van der Waals surface area contributed by atoms with Crippen LogP contribution in [0.3, 0.4) is 0 Å². The van der Waals surface area contributed by atoms with Gasteiger partial charge in [0.05, 0.1) is 33.7 Å². The van der Waals surface area contributed by atoms with Crippen molar-refractivity contribution in [3.63, 3.8) is 0 Å². The van der Waals surface area contributed by atoms with Crippen LogP contribution in [0.15, 0.2) is 133 Å². The van der Waals surface area contributed by atoms with E-state index in [1.807, 2.05) is 42.5 Å². The fourth-order valence-electron chi connectivity index (χ4n) is 6.01. The highest BCUT2D eigenvalue weighted by Crippen LogP contribution is 2.33. The standard InChI is InChI=1S/C20H14N2.C19H14FN/c1-14-6-11-20-18(12-14)17-4-2-3-5-19(17)22(20)16-9-7-15(13-21)8-10-16;1-13-6-11-19-17(12-13)16-4-2-3-5-18(16)21(19)15-9-7-14(20)8-10-15/h2-12H,1H3;2-12H,1H3. The van der Waals surface area contributed by atoms with Crippen molar-refractivity contribution < 1.29 is 4.39 Å². The van der Waals surface area contributed by atoms with Gasteiger partial charge in [-0.1, -0.05) is 59.7 Å². The van der Waals surface area contributed by atoms with Crippen molar-refractivity contribution >= 4 is 43.6 Å². The maximum absolute atomic E-state index is 13.2. The Balaban J connectivity index is 0.000000140. The molecule has 206 valence electrons. The summed E-state index contributed by atoms with van der Waals surface area (Å²) in [5.74, 6) is -0.213. The number of aromatic nitrogens is 2. The molecule has 4 heteroatoms. The van der Waals surface area contributed by atoms with E-state index < -0.39 is 0 Å². The van der Waals surface area contributed by atoms with E-state index in [0.717, 1.165) is 22.4 Å². The van der Waals surface area contributed by atoms with Gasteiger partial charge in [-0.3, -0.25) is 0 Å². The molecule has 0 saturated carbocycles. The molecule has 0 aliphatic carbocycles. The van der Waals surface area contributed by atoms with Crippen molar-refractivity contribution in [1.82, 2.24) is 9.13 Å². The minimum Gasteiger partial charge on any atom is -0.309 e. The maximum atomic E-state index is 13.2. The van der Waals surface area contributed by atoms with E-state index in [1.165, 1.54) is 55.8 Å². The van der Waals surface area contributed by atoms with Gasteiger partial charge in [0.15, 0.2) is 0 Å². The summed E-state index contributed by atoms with van der Waals surface area (Å²) in [6, 6.07) is 46.3. The van der Waals surface area contributed by atoms with E-state index in [9.17, 15) is 4.39 Å². The lowest BCUT2D eigenvalue weighted by Gasteiger charge is -2.07. The largest absolute Gasteiger partial charge is 0.309 e. The lowest BCUT2D eigenvalue weighted by molar-refractivity contribution is 0.627. The van der Waals surface area contributed by atoms with Crippen LogP contribution in [0.4, 0.5) is 4.39 Å². The number of halogens is 1. The minimum absolute atomic E-state index is 0.213. The average molecular weight is 558 g/mol. The summed E-state index contributed by atoms with van der Waals surface area (Å²) >= 11 is 0. The molecule has 2 aromatic heterocycles. The first-order chi connectivity index (χ1) is 21.0. The smallest absolute Gasteiger partial charge is 0.123 e. The molecular weight excluding hydrogens is 529 g/mol. The Labute approximate surface area is 249 Å². The highest BCUT2D eigenvalue weighted by molar-refractivity contribution is 6.10. The molecule has 0 amide bonds. The van der Waals surface area contributed by atoms with Crippen LogP contribution in [0.25, 0.3) is 55.0 Å². The maximum Gasteiger partial charge on any atom is 0.123 e. The normalized spacial score (nSPS) is 11.1. The Morgan fingerprint density at radius 2 is 0.907 bits per heavy atom. The van der Waals surface area contributed by atoms with Gasteiger partial charge in [-0.25, -0.2) is 4.39 Å². The fraction of sp³-hybridized carbons (Fsp3) is 0.0513. The Morgan fingerprint density at radius 1 is 0.488 bits per heavy atom. The summed E-state index contributed by atoms with van der Waals surface area (Å²) < 4.78 is 17.6. The molecule has 2 heterocycles. The van der Waals surface area contributed by atoms with Crippen LogP contribution in [0.1, 0.15) is 16.7 Å². The zero-order valence-electron chi connectivity index (χ0n) is 23.9. The topological polar surface area (TPSA) is 33.6 Å². The van der Waals surface area contributed by atoms with E-state index in [1.54, 1.807) is 0 Å². The van der Waals surface area contributed by atoms with Crippen LogP contribution < -0.4 is 0 Å². The Hall–Kier alpha value is -5.66. The first kappa shape index (κ1) is 26.3. The third-order valence-electron chi connectivity index (χ3n) is 8.00. The Bertz CT molecular complexity index is 2320. The minimum atomic E-state index is -0.213. The monoisotopic (exact) mass is 557 g/mol. The molecular formula is C39H28FN3. The molecule has 0 spiro atoms. The molecule has 0 N–H and O–H groups in total. The third-order valence-corrected chi connectivity index (χ3v) is 8.00. The molecule has 6 aromatic carbocycles. The molecule has 8 aromatic rings. The second-order valence-electron chi connectivity index (χ2n) is 10.9. The van der Waals surface area contributed by atoms with Gasteiger partial charge in [-0.15, -0.1) is 0 Å². The SMILES string of the molecule is Cc1ccc2c(c1)c1ccccc1n2-c1ccc(C#N)cc1.Cc1ccc2c(c1)c1ccccc1n2-c1ccc(F)cc1. The Morgan fingerprint density at radius 3 is 1.37 bits per heavy atom. The highest BCUT2D eigenvalue weighted by atomic mass is 19.1. The number of fused-ring (bicyclic) bond motifs is 6. The van der Waals surface area contributed by atoms with Gasteiger partial charge < -0.3 is 9.13 Å². The molecule has 0 unspecified atom stereocenters. The van der Waals surface area contributed by atoms with Crippen molar-refractivity contribution in [2.75, 3.05) is 0 Å². The second-order valence-corrected chi connectivity index (χ2v) is 10.9. The quantitative estimate of drug-likeness (QED) is 0.208. The van der Waals surface area contributed by atoms with Gasteiger partial charge in [-0.2, -0.15) is 5.26 Å². The fourth-order valence-corrected chi connectivity index (χ4v) is 6.01. The van der Waals surface area contributed by atoms with E-state index in [2.05, 4.69) is 108 Å². The predicted octanol–water partition coefficient (Wildman–Crippen LogP) is 10.2. The third kappa shape index (κ3) is 4.62. The first-order valence-electron chi connectivity index (χ1n) is 14.3. The van der Waals surface area contributed by atoms with Gasteiger partial charge in [0.2, 0.25) is 0 Å². The van der Waals surface area contributed by atoms with E-state index in [0.29, 0.717) is 5.56 Å². The number of hydrogen-bond acceptors (Lipinski definition) is 1. The number of nitrogens with zero attached hydrogens (tertiary/aromatic N) is 3. The highest BCUT2D eigenvalue weighted by Gasteiger charge is 2.13. The lowest BCUT2D eigenvalue weighted by Crippen LogP contribution is -1.93. The van der Waals surface area contributed by atoms with E-state index >= 15 is 0 Å². The van der Waals surface area contributed by atoms with Gasteiger partial charge in [0.25, 0.3) is 0 Å². The van der Waals surface area contributed by atoms with Crippen LogP contribution in [-0.2, 0) is 0 Å². The number of aryl methyl sites for hydroxylation is 2. The molecule has 0 aliphatic rings. The number of nitriles is 1. The van der Waals surface area contributed by atoms with Crippen LogP contribution in [-0.4, -0.2) is 9.13 Å². The number of rotatable bonds is 2. The summed E-state index contributed by atoms with van der Waals surface area (Å²) in [5.41, 5.74) is 9.91. The van der Waals surface area contributed by atoms with Gasteiger partial charge in [0, 0.05) is 32.9 Å². The van der Waals surface area contributed by atoms with E-state index in [4.69, 9.17) is 5.26 Å². The summed E-state index contributed by atoms with van der Waals surface area (Å²) in [5, 5.41) is 13.9. The van der Waals surface area contributed by atoms with Crippen LogP contribution in [0, 0.1) is 31.0 Å². The zero-order valence-corrected chi connectivity index (χ0v) is 23.9.